The molecular weight excluding hydrogens is 244 g/mol. The second-order valence-electron chi connectivity index (χ2n) is 5.26. The van der Waals surface area contributed by atoms with E-state index in [0.717, 1.165) is 6.42 Å². The first kappa shape index (κ1) is 16.0. The molecule has 2 amide bonds. The molecule has 2 N–H and O–H groups in total. The molecule has 110 valence electrons. The Morgan fingerprint density at radius 3 is 2.47 bits per heavy atom. The quantitative estimate of drug-likeness (QED) is 0.726. The number of carbonyl (C=O) groups is 2. The molecule has 1 saturated heterocycles. The fraction of sp³-hybridized carbons (Fsp3) is 0.857. The van der Waals surface area contributed by atoms with Gasteiger partial charge in [-0.25, -0.2) is 0 Å². The number of rotatable bonds is 7. The van der Waals surface area contributed by atoms with Crippen LogP contribution in [0.25, 0.3) is 0 Å². The molecule has 19 heavy (non-hydrogen) atoms. The Kier molecular flexibility index (Phi) is 5.79. The largest absolute Gasteiger partial charge is 0.388 e. The number of carbonyl (C=O) groups excluding carboxylic acids is 2. The van der Waals surface area contributed by atoms with Crippen molar-refractivity contribution in [1.29, 1.82) is 0 Å². The molecule has 1 aliphatic heterocycles. The average Bonchev–Trinajstić information content (AvgIpc) is 2.83. The summed E-state index contributed by atoms with van der Waals surface area (Å²) in [7, 11) is 0. The van der Waals surface area contributed by atoms with Crippen molar-refractivity contribution in [3.63, 3.8) is 0 Å². The number of hydrogen-bond donors (Lipinski definition) is 2. The summed E-state index contributed by atoms with van der Waals surface area (Å²) < 4.78 is 0. The fourth-order valence-corrected chi connectivity index (χ4v) is 2.42. The number of nitrogens with zero attached hydrogens (tertiary/aromatic N) is 1. The van der Waals surface area contributed by atoms with Crippen LogP contribution in [-0.4, -0.2) is 46.6 Å². The lowest BCUT2D eigenvalue weighted by atomic mass is 9.97. The molecule has 1 heterocycles. The molecule has 0 aliphatic carbocycles. The van der Waals surface area contributed by atoms with Crippen LogP contribution in [0.4, 0.5) is 0 Å². The lowest BCUT2D eigenvalue weighted by molar-refractivity contribution is -0.138. The molecule has 1 unspecified atom stereocenters. The third-order valence-corrected chi connectivity index (χ3v) is 4.08. The summed E-state index contributed by atoms with van der Waals surface area (Å²) in [4.78, 5) is 25.5. The van der Waals surface area contributed by atoms with Gasteiger partial charge in [-0.15, -0.1) is 0 Å². The summed E-state index contributed by atoms with van der Waals surface area (Å²) in [6.45, 7) is 6.61. The third kappa shape index (κ3) is 3.93. The monoisotopic (exact) mass is 270 g/mol. The van der Waals surface area contributed by atoms with Crippen molar-refractivity contribution in [1.82, 2.24) is 10.2 Å². The standard InChI is InChI=1S/C14H26N2O3/c1-4-11(16-9-7-8-12(16)17)13(18)15-10-14(19,5-2)6-3/h11,19H,4-10H2,1-3H3,(H,15,18). The maximum absolute atomic E-state index is 12.2. The second-order valence-corrected chi connectivity index (χ2v) is 5.26. The minimum atomic E-state index is -0.844. The normalized spacial score (nSPS) is 17.7. The number of aliphatic hydroxyl groups is 1. The molecule has 0 spiro atoms. The van der Waals surface area contributed by atoms with Gasteiger partial charge in [-0.1, -0.05) is 20.8 Å². The lowest BCUT2D eigenvalue weighted by Crippen LogP contribution is -2.51. The average molecular weight is 270 g/mol. The highest BCUT2D eigenvalue weighted by molar-refractivity contribution is 5.88. The van der Waals surface area contributed by atoms with Gasteiger partial charge in [0.15, 0.2) is 0 Å². The van der Waals surface area contributed by atoms with Crippen molar-refractivity contribution in [2.24, 2.45) is 0 Å². The Hall–Kier alpha value is -1.10. The van der Waals surface area contributed by atoms with Crippen molar-refractivity contribution < 1.29 is 14.7 Å². The van der Waals surface area contributed by atoms with E-state index in [1.807, 2.05) is 20.8 Å². The smallest absolute Gasteiger partial charge is 0.242 e. The van der Waals surface area contributed by atoms with Crippen LogP contribution in [-0.2, 0) is 9.59 Å². The van der Waals surface area contributed by atoms with Gasteiger partial charge in [-0.2, -0.15) is 0 Å². The second kappa shape index (κ2) is 6.89. The van der Waals surface area contributed by atoms with E-state index < -0.39 is 11.6 Å². The Bertz CT molecular complexity index is 327. The fourth-order valence-electron chi connectivity index (χ4n) is 2.42. The molecule has 0 aromatic rings. The van der Waals surface area contributed by atoms with Gasteiger partial charge in [0.1, 0.15) is 6.04 Å². The Balaban J connectivity index is 2.57. The van der Waals surface area contributed by atoms with Gasteiger partial charge in [-0.05, 0) is 25.7 Å². The first-order valence-electron chi connectivity index (χ1n) is 7.27. The minimum absolute atomic E-state index is 0.0586. The van der Waals surface area contributed by atoms with Gasteiger partial charge in [0.05, 0.1) is 5.60 Å². The Labute approximate surface area is 115 Å². The van der Waals surface area contributed by atoms with Crippen molar-refractivity contribution >= 4 is 11.8 Å². The Morgan fingerprint density at radius 2 is 2.05 bits per heavy atom. The number of likely N-dealkylation sites (tertiary alicyclic amines) is 1. The highest BCUT2D eigenvalue weighted by atomic mass is 16.3. The SMILES string of the molecule is CCC(C(=O)NCC(O)(CC)CC)N1CCCC1=O. The van der Waals surface area contributed by atoms with Gasteiger partial charge in [-0.3, -0.25) is 9.59 Å². The maximum Gasteiger partial charge on any atom is 0.242 e. The molecular formula is C14H26N2O3. The first-order chi connectivity index (χ1) is 8.97. The molecule has 5 heteroatoms. The molecule has 0 aromatic carbocycles. The zero-order chi connectivity index (χ0) is 14.5. The molecule has 1 aliphatic rings. The van der Waals surface area contributed by atoms with Crippen molar-refractivity contribution in [2.45, 2.75) is 64.5 Å². The highest BCUT2D eigenvalue weighted by Crippen LogP contribution is 2.17. The molecule has 5 nitrogen and oxygen atoms in total. The van der Waals surface area contributed by atoms with E-state index in [0.29, 0.717) is 32.2 Å². The van der Waals surface area contributed by atoms with Gasteiger partial charge in [0.2, 0.25) is 11.8 Å². The van der Waals surface area contributed by atoms with E-state index in [1.54, 1.807) is 4.90 Å². The highest BCUT2D eigenvalue weighted by Gasteiger charge is 2.32. The van der Waals surface area contributed by atoms with E-state index in [-0.39, 0.29) is 18.4 Å². The summed E-state index contributed by atoms with van der Waals surface area (Å²) in [5, 5.41) is 12.9. The van der Waals surface area contributed by atoms with E-state index in [9.17, 15) is 14.7 Å². The van der Waals surface area contributed by atoms with E-state index in [4.69, 9.17) is 0 Å². The van der Waals surface area contributed by atoms with Crippen LogP contribution >= 0.6 is 0 Å². The van der Waals surface area contributed by atoms with Gasteiger partial charge in [0.25, 0.3) is 0 Å². The number of nitrogens with one attached hydrogen (secondary N) is 1. The van der Waals surface area contributed by atoms with E-state index in [1.165, 1.54) is 0 Å². The van der Waals surface area contributed by atoms with Crippen molar-refractivity contribution in [3.8, 4) is 0 Å². The van der Waals surface area contributed by atoms with E-state index >= 15 is 0 Å². The summed E-state index contributed by atoms with van der Waals surface area (Å²) in [6.07, 6.45) is 3.18. The van der Waals surface area contributed by atoms with Crippen LogP contribution in [0.3, 0.4) is 0 Å². The molecule has 0 bridgehead atoms. The molecule has 0 saturated carbocycles. The first-order valence-corrected chi connectivity index (χ1v) is 7.27. The van der Waals surface area contributed by atoms with Gasteiger partial charge in [0, 0.05) is 19.5 Å². The van der Waals surface area contributed by atoms with Crippen LogP contribution in [0.1, 0.15) is 52.9 Å². The maximum atomic E-state index is 12.2. The summed E-state index contributed by atoms with van der Waals surface area (Å²) in [5.41, 5.74) is -0.844. The third-order valence-electron chi connectivity index (χ3n) is 4.08. The van der Waals surface area contributed by atoms with Crippen LogP contribution in [0.15, 0.2) is 0 Å². The van der Waals surface area contributed by atoms with Crippen molar-refractivity contribution in [3.05, 3.63) is 0 Å². The van der Waals surface area contributed by atoms with Gasteiger partial charge < -0.3 is 15.3 Å². The van der Waals surface area contributed by atoms with E-state index in [2.05, 4.69) is 5.32 Å². The molecule has 1 rings (SSSR count). The van der Waals surface area contributed by atoms with Crippen molar-refractivity contribution in [2.75, 3.05) is 13.1 Å². The van der Waals surface area contributed by atoms with Gasteiger partial charge >= 0.3 is 0 Å². The molecule has 1 atom stereocenters. The van der Waals surface area contributed by atoms with Crippen LogP contribution in [0, 0.1) is 0 Å². The Morgan fingerprint density at radius 1 is 1.42 bits per heavy atom. The topological polar surface area (TPSA) is 69.6 Å². The van der Waals surface area contributed by atoms with Crippen LogP contribution < -0.4 is 5.32 Å². The minimum Gasteiger partial charge on any atom is -0.388 e. The molecule has 1 fully saturated rings. The predicted octanol–water partition coefficient (Wildman–Crippen LogP) is 1.05. The predicted molar refractivity (Wildman–Crippen MR) is 73.6 cm³/mol. The zero-order valence-electron chi connectivity index (χ0n) is 12.2. The van der Waals surface area contributed by atoms with Crippen LogP contribution in [0.5, 0.6) is 0 Å². The molecule has 0 radical (unpaired) electrons. The summed E-state index contributed by atoms with van der Waals surface area (Å²) >= 11 is 0. The molecule has 0 aromatic heterocycles. The number of amides is 2. The zero-order valence-corrected chi connectivity index (χ0v) is 12.2. The summed E-state index contributed by atoms with van der Waals surface area (Å²) in [6, 6.07) is -0.395. The lowest BCUT2D eigenvalue weighted by Gasteiger charge is -2.29. The summed E-state index contributed by atoms with van der Waals surface area (Å²) in [5.74, 6) is -0.0960. The number of hydrogen-bond acceptors (Lipinski definition) is 3. The van der Waals surface area contributed by atoms with Crippen LogP contribution in [0.2, 0.25) is 0 Å².